The van der Waals surface area contributed by atoms with E-state index in [0.29, 0.717) is 12.5 Å². The third kappa shape index (κ3) is 3.72. The van der Waals surface area contributed by atoms with Crippen LogP contribution in [-0.4, -0.2) is 29.9 Å². The van der Waals surface area contributed by atoms with Crippen LogP contribution in [0.1, 0.15) is 47.5 Å². The van der Waals surface area contributed by atoms with Crippen molar-refractivity contribution in [3.05, 3.63) is 59.5 Å². The molecule has 146 valence electrons. The molecule has 2 atom stereocenters. The molecule has 1 saturated carbocycles. The van der Waals surface area contributed by atoms with Gasteiger partial charge in [-0.3, -0.25) is 5.10 Å². The van der Waals surface area contributed by atoms with E-state index in [1.807, 2.05) is 18.2 Å². The smallest absolute Gasteiger partial charge is 0.340 e. The van der Waals surface area contributed by atoms with Crippen molar-refractivity contribution in [3.63, 3.8) is 0 Å². The highest BCUT2D eigenvalue weighted by molar-refractivity contribution is 5.89. The fourth-order valence-electron chi connectivity index (χ4n) is 4.10. The lowest BCUT2D eigenvalue weighted by Crippen LogP contribution is -2.24. The number of halogens is 1. The number of aromatic nitrogens is 2. The third-order valence-corrected chi connectivity index (χ3v) is 5.61. The zero-order valence-corrected chi connectivity index (χ0v) is 15.8. The predicted molar refractivity (Wildman–Crippen MR) is 104 cm³/mol. The molecule has 4 rings (SSSR count). The average Bonchev–Trinajstić information content (AvgIpc) is 3.20. The predicted octanol–water partition coefficient (Wildman–Crippen LogP) is 4.84. The molecule has 1 fully saturated rings. The minimum atomic E-state index is -0.642. The summed E-state index contributed by atoms with van der Waals surface area (Å²) in [6, 6.07) is 10.7. The number of aromatic amines is 1. The fourth-order valence-corrected chi connectivity index (χ4v) is 4.10. The summed E-state index contributed by atoms with van der Waals surface area (Å²) in [7, 11) is 1.27. The van der Waals surface area contributed by atoms with E-state index in [9.17, 15) is 9.18 Å². The normalized spacial score (nSPS) is 19.5. The Balaban J connectivity index is 1.52. The van der Waals surface area contributed by atoms with Crippen molar-refractivity contribution in [1.82, 2.24) is 10.2 Å². The molecule has 6 heteroatoms. The first-order valence-electron chi connectivity index (χ1n) is 9.59. The number of rotatable bonds is 5. The number of esters is 1. The van der Waals surface area contributed by atoms with E-state index in [0.717, 1.165) is 47.9 Å². The van der Waals surface area contributed by atoms with Crippen LogP contribution < -0.4 is 4.74 Å². The number of nitrogens with one attached hydrogen (secondary N) is 1. The van der Waals surface area contributed by atoms with Crippen LogP contribution in [0, 0.1) is 11.7 Å². The molecule has 1 aliphatic carbocycles. The lowest BCUT2D eigenvalue weighted by molar-refractivity contribution is 0.0595. The van der Waals surface area contributed by atoms with E-state index >= 15 is 0 Å². The lowest BCUT2D eigenvalue weighted by Gasteiger charge is -2.32. The van der Waals surface area contributed by atoms with Gasteiger partial charge in [0.05, 0.1) is 31.0 Å². The standard InChI is InChI=1S/C22H23FN2O3/c1-27-22(26)19-11-14(6-8-20(19)23)18-5-3-2-4-15(18)13-28-17-7-9-21-16(10-17)12-24-25-21/h6-12,15,18H,2-5,13H2,1H3,(H,24,25)/t15-,18-/m0/s1. The summed E-state index contributed by atoms with van der Waals surface area (Å²) in [5.41, 5.74) is 1.94. The van der Waals surface area contributed by atoms with Crippen molar-refractivity contribution in [2.45, 2.75) is 31.6 Å². The van der Waals surface area contributed by atoms with Crippen molar-refractivity contribution >= 4 is 16.9 Å². The summed E-state index contributed by atoms with van der Waals surface area (Å²) in [6.45, 7) is 0.582. The number of carbonyl (C=O) groups excluding carboxylic acids is 1. The van der Waals surface area contributed by atoms with Gasteiger partial charge in [0, 0.05) is 5.39 Å². The lowest BCUT2D eigenvalue weighted by atomic mass is 9.75. The highest BCUT2D eigenvalue weighted by Gasteiger charge is 2.28. The molecule has 5 nitrogen and oxygen atoms in total. The monoisotopic (exact) mass is 382 g/mol. The van der Waals surface area contributed by atoms with Gasteiger partial charge in [-0.25, -0.2) is 9.18 Å². The quantitative estimate of drug-likeness (QED) is 0.641. The van der Waals surface area contributed by atoms with E-state index < -0.39 is 11.8 Å². The van der Waals surface area contributed by atoms with Crippen molar-refractivity contribution in [3.8, 4) is 5.75 Å². The van der Waals surface area contributed by atoms with Crippen molar-refractivity contribution in [2.24, 2.45) is 5.92 Å². The number of methoxy groups -OCH3 is 1. The average molecular weight is 382 g/mol. The Hall–Kier alpha value is -2.89. The van der Waals surface area contributed by atoms with E-state index in [-0.39, 0.29) is 11.5 Å². The Kier molecular flexibility index (Phi) is 5.28. The Bertz CT molecular complexity index is 985. The molecular formula is C22H23FN2O3. The Morgan fingerprint density at radius 2 is 2.07 bits per heavy atom. The molecule has 28 heavy (non-hydrogen) atoms. The van der Waals surface area contributed by atoms with Gasteiger partial charge in [-0.05, 0) is 60.6 Å². The molecule has 0 saturated heterocycles. The molecule has 0 spiro atoms. The molecule has 0 unspecified atom stereocenters. The van der Waals surface area contributed by atoms with Crippen LogP contribution in [0.2, 0.25) is 0 Å². The first-order valence-corrected chi connectivity index (χ1v) is 9.59. The number of H-pyrrole nitrogens is 1. The second kappa shape index (κ2) is 8.00. The van der Waals surface area contributed by atoms with Crippen LogP contribution in [0.25, 0.3) is 10.9 Å². The van der Waals surface area contributed by atoms with E-state index in [1.165, 1.54) is 13.2 Å². The van der Waals surface area contributed by atoms with Gasteiger partial charge in [-0.15, -0.1) is 0 Å². The van der Waals surface area contributed by atoms with Gasteiger partial charge in [-0.2, -0.15) is 5.10 Å². The molecular weight excluding hydrogens is 359 g/mol. The van der Waals surface area contributed by atoms with E-state index in [4.69, 9.17) is 9.47 Å². The Morgan fingerprint density at radius 1 is 1.21 bits per heavy atom. The molecule has 1 aromatic heterocycles. The third-order valence-electron chi connectivity index (χ3n) is 5.61. The maximum Gasteiger partial charge on any atom is 0.340 e. The molecule has 0 aliphatic heterocycles. The molecule has 3 aromatic rings. The van der Waals surface area contributed by atoms with Gasteiger partial charge in [-0.1, -0.05) is 18.9 Å². The summed E-state index contributed by atoms with van der Waals surface area (Å²) in [4.78, 5) is 11.9. The number of benzene rings is 2. The van der Waals surface area contributed by atoms with Crippen LogP contribution in [0.5, 0.6) is 5.75 Å². The van der Waals surface area contributed by atoms with Gasteiger partial charge in [0.25, 0.3) is 0 Å². The van der Waals surface area contributed by atoms with Crippen molar-refractivity contribution in [2.75, 3.05) is 13.7 Å². The second-order valence-electron chi connectivity index (χ2n) is 7.31. The summed E-state index contributed by atoms with van der Waals surface area (Å²) in [6.07, 6.45) is 6.09. The van der Waals surface area contributed by atoms with Crippen LogP contribution in [0.3, 0.4) is 0 Å². The van der Waals surface area contributed by atoms with Gasteiger partial charge < -0.3 is 9.47 Å². The van der Waals surface area contributed by atoms with Crippen LogP contribution >= 0.6 is 0 Å². The van der Waals surface area contributed by atoms with Crippen LogP contribution in [-0.2, 0) is 4.74 Å². The molecule has 1 aliphatic rings. The zero-order chi connectivity index (χ0) is 19.5. The number of fused-ring (bicyclic) bond motifs is 1. The molecule has 1 N–H and O–H groups in total. The summed E-state index contributed by atoms with van der Waals surface area (Å²) in [5, 5.41) is 7.98. The SMILES string of the molecule is COC(=O)c1cc([C@@H]2CCCC[C@H]2COc2ccc3[nH]ncc3c2)ccc1F. The maximum atomic E-state index is 14.0. The van der Waals surface area contributed by atoms with Gasteiger partial charge >= 0.3 is 5.97 Å². The van der Waals surface area contributed by atoms with Crippen LogP contribution in [0.4, 0.5) is 4.39 Å². The van der Waals surface area contributed by atoms with Gasteiger partial charge in [0.2, 0.25) is 0 Å². The van der Waals surface area contributed by atoms with E-state index in [1.54, 1.807) is 18.3 Å². The first-order chi connectivity index (χ1) is 13.7. The Morgan fingerprint density at radius 3 is 2.93 bits per heavy atom. The topological polar surface area (TPSA) is 64.2 Å². The first kappa shape index (κ1) is 18.5. The minimum absolute atomic E-state index is 0.00403. The van der Waals surface area contributed by atoms with Gasteiger partial charge in [0.15, 0.2) is 0 Å². The molecule has 0 radical (unpaired) electrons. The summed E-state index contributed by atoms with van der Waals surface area (Å²) >= 11 is 0. The summed E-state index contributed by atoms with van der Waals surface area (Å²) in [5.74, 6) is 0.164. The van der Waals surface area contributed by atoms with Gasteiger partial charge in [0.1, 0.15) is 11.6 Å². The molecule has 0 amide bonds. The highest BCUT2D eigenvalue weighted by Crippen LogP contribution is 2.39. The largest absolute Gasteiger partial charge is 0.493 e. The van der Waals surface area contributed by atoms with E-state index in [2.05, 4.69) is 10.2 Å². The van der Waals surface area contributed by atoms with Crippen molar-refractivity contribution in [1.29, 1.82) is 0 Å². The van der Waals surface area contributed by atoms with Crippen molar-refractivity contribution < 1.29 is 18.7 Å². The maximum absolute atomic E-state index is 14.0. The zero-order valence-electron chi connectivity index (χ0n) is 15.8. The molecule has 1 heterocycles. The number of hydrogen-bond acceptors (Lipinski definition) is 4. The molecule has 2 aromatic carbocycles. The number of carbonyl (C=O) groups is 1. The highest BCUT2D eigenvalue weighted by atomic mass is 19.1. The number of nitrogens with zero attached hydrogens (tertiary/aromatic N) is 1. The number of ether oxygens (including phenoxy) is 2. The fraction of sp³-hybridized carbons (Fsp3) is 0.364. The summed E-state index contributed by atoms with van der Waals surface area (Å²) < 4.78 is 24.8. The molecule has 0 bridgehead atoms. The number of hydrogen-bond donors (Lipinski definition) is 1. The minimum Gasteiger partial charge on any atom is -0.493 e. The Labute approximate surface area is 162 Å². The second-order valence-corrected chi connectivity index (χ2v) is 7.31. The van der Waals surface area contributed by atoms with Crippen LogP contribution in [0.15, 0.2) is 42.6 Å².